The lowest BCUT2D eigenvalue weighted by Gasteiger charge is -2.28. The Morgan fingerprint density at radius 1 is 1.20 bits per heavy atom. The van der Waals surface area contributed by atoms with Crippen molar-refractivity contribution in [1.82, 2.24) is 0 Å². The predicted octanol–water partition coefficient (Wildman–Crippen LogP) is 5.42. The third kappa shape index (κ3) is 3.08. The minimum Gasteiger partial charge on any atom is -0.365 e. The van der Waals surface area contributed by atoms with E-state index < -0.39 is 0 Å². The van der Waals surface area contributed by atoms with Crippen LogP contribution in [0, 0.1) is 5.82 Å². The van der Waals surface area contributed by atoms with E-state index in [0.717, 1.165) is 11.1 Å². The molecular formula is C16H16Cl2FN. The highest BCUT2D eigenvalue weighted by atomic mass is 35.5. The predicted molar refractivity (Wildman–Crippen MR) is 84.2 cm³/mol. The highest BCUT2D eigenvalue weighted by molar-refractivity contribution is 6.31. The zero-order valence-corrected chi connectivity index (χ0v) is 12.9. The van der Waals surface area contributed by atoms with E-state index in [1.54, 1.807) is 6.07 Å². The van der Waals surface area contributed by atoms with Gasteiger partial charge in [0.2, 0.25) is 0 Å². The zero-order chi connectivity index (χ0) is 14.7. The van der Waals surface area contributed by atoms with Crippen LogP contribution in [0.4, 0.5) is 10.1 Å². The number of alkyl halides is 1. The van der Waals surface area contributed by atoms with Gasteiger partial charge in [-0.3, -0.25) is 0 Å². The Morgan fingerprint density at radius 2 is 1.90 bits per heavy atom. The summed E-state index contributed by atoms with van der Waals surface area (Å²) in [5.74, 6) is 0.0330. The number of hydrogen-bond donors (Lipinski definition) is 0. The monoisotopic (exact) mass is 311 g/mol. The molecule has 0 aliphatic rings. The van der Waals surface area contributed by atoms with Crippen molar-refractivity contribution in [2.75, 3.05) is 11.9 Å². The van der Waals surface area contributed by atoms with Crippen LogP contribution in [-0.2, 0) is 5.88 Å². The Labute approximate surface area is 128 Å². The third-order valence-corrected chi connectivity index (χ3v) is 4.14. The minimum absolute atomic E-state index is 0.0277. The topological polar surface area (TPSA) is 3.24 Å². The van der Waals surface area contributed by atoms with E-state index in [1.165, 1.54) is 6.07 Å². The molecular weight excluding hydrogens is 296 g/mol. The number of halogens is 3. The fourth-order valence-electron chi connectivity index (χ4n) is 2.15. The first kappa shape index (κ1) is 15.1. The second-order valence-corrected chi connectivity index (χ2v) is 5.40. The molecule has 2 aromatic rings. The van der Waals surface area contributed by atoms with Crippen molar-refractivity contribution in [2.24, 2.45) is 0 Å². The van der Waals surface area contributed by atoms with Crippen LogP contribution in [-0.4, -0.2) is 7.05 Å². The van der Waals surface area contributed by atoms with Gasteiger partial charge < -0.3 is 4.90 Å². The van der Waals surface area contributed by atoms with Crippen LogP contribution < -0.4 is 4.90 Å². The van der Waals surface area contributed by atoms with Crippen molar-refractivity contribution in [3.63, 3.8) is 0 Å². The molecule has 0 amide bonds. The smallest absolute Gasteiger partial charge is 0.146 e. The molecule has 0 aromatic heterocycles. The van der Waals surface area contributed by atoms with Crippen molar-refractivity contribution in [3.05, 3.63) is 64.4 Å². The van der Waals surface area contributed by atoms with Crippen molar-refractivity contribution < 1.29 is 4.39 Å². The molecule has 2 aromatic carbocycles. The molecule has 0 fully saturated rings. The molecule has 1 atom stereocenters. The molecule has 0 radical (unpaired) electrons. The normalized spacial score (nSPS) is 12.2. The van der Waals surface area contributed by atoms with Gasteiger partial charge in [0.1, 0.15) is 5.82 Å². The lowest BCUT2D eigenvalue weighted by atomic mass is 10.1. The summed E-state index contributed by atoms with van der Waals surface area (Å²) in [6.45, 7) is 2.00. The van der Waals surface area contributed by atoms with Crippen LogP contribution in [0.1, 0.15) is 24.1 Å². The zero-order valence-electron chi connectivity index (χ0n) is 11.4. The molecule has 2 rings (SSSR count). The van der Waals surface area contributed by atoms with Gasteiger partial charge in [0.05, 0.1) is 11.7 Å². The molecule has 106 valence electrons. The first-order chi connectivity index (χ1) is 9.54. The van der Waals surface area contributed by atoms with E-state index in [1.807, 2.05) is 49.2 Å². The van der Waals surface area contributed by atoms with Gasteiger partial charge in [-0.05, 0) is 36.2 Å². The van der Waals surface area contributed by atoms with Crippen molar-refractivity contribution >= 4 is 28.9 Å². The SMILES string of the molecule is CC(c1ccccc1Cl)N(C)c1ccc(CCl)cc1F. The Hall–Kier alpha value is -1.25. The average Bonchev–Trinajstić information content (AvgIpc) is 2.46. The first-order valence-corrected chi connectivity index (χ1v) is 7.27. The van der Waals surface area contributed by atoms with Crippen LogP contribution in [0.25, 0.3) is 0 Å². The van der Waals surface area contributed by atoms with Gasteiger partial charge in [-0.2, -0.15) is 0 Å². The van der Waals surface area contributed by atoms with E-state index in [-0.39, 0.29) is 11.9 Å². The van der Waals surface area contributed by atoms with E-state index in [4.69, 9.17) is 23.2 Å². The lowest BCUT2D eigenvalue weighted by molar-refractivity contribution is 0.610. The van der Waals surface area contributed by atoms with E-state index in [2.05, 4.69) is 0 Å². The highest BCUT2D eigenvalue weighted by Crippen LogP contribution is 2.31. The molecule has 0 heterocycles. The van der Waals surface area contributed by atoms with Gasteiger partial charge >= 0.3 is 0 Å². The summed E-state index contributed by atoms with van der Waals surface area (Å²) in [5.41, 5.74) is 2.27. The Kier molecular flexibility index (Phi) is 4.90. The summed E-state index contributed by atoms with van der Waals surface area (Å²) >= 11 is 11.9. The summed E-state index contributed by atoms with van der Waals surface area (Å²) in [5, 5.41) is 0.685. The fraction of sp³-hybridized carbons (Fsp3) is 0.250. The minimum atomic E-state index is -0.274. The number of nitrogens with zero attached hydrogens (tertiary/aromatic N) is 1. The maximum absolute atomic E-state index is 14.1. The largest absolute Gasteiger partial charge is 0.365 e. The number of rotatable bonds is 4. The molecule has 1 nitrogen and oxygen atoms in total. The Bertz CT molecular complexity index is 601. The Balaban J connectivity index is 2.31. The van der Waals surface area contributed by atoms with Crippen LogP contribution in [0.3, 0.4) is 0 Å². The van der Waals surface area contributed by atoms with Gasteiger partial charge in [0.15, 0.2) is 0 Å². The second-order valence-electron chi connectivity index (χ2n) is 4.73. The molecule has 20 heavy (non-hydrogen) atoms. The summed E-state index contributed by atoms with van der Waals surface area (Å²) < 4.78 is 14.1. The molecule has 0 saturated carbocycles. The van der Waals surface area contributed by atoms with Gasteiger partial charge in [0, 0.05) is 18.0 Å². The third-order valence-electron chi connectivity index (χ3n) is 3.48. The van der Waals surface area contributed by atoms with Gasteiger partial charge in [0.25, 0.3) is 0 Å². The second kappa shape index (κ2) is 6.47. The van der Waals surface area contributed by atoms with Crippen LogP contribution in [0.15, 0.2) is 42.5 Å². The maximum atomic E-state index is 14.1. The van der Waals surface area contributed by atoms with Gasteiger partial charge in [-0.15, -0.1) is 11.6 Å². The summed E-state index contributed by atoms with van der Waals surface area (Å²) in [6.07, 6.45) is 0. The molecule has 1 unspecified atom stereocenters. The first-order valence-electron chi connectivity index (χ1n) is 6.36. The number of benzene rings is 2. The molecule has 0 aliphatic heterocycles. The lowest BCUT2D eigenvalue weighted by Crippen LogP contribution is -2.23. The summed E-state index contributed by atoms with van der Waals surface area (Å²) in [6, 6.07) is 12.6. The molecule has 0 N–H and O–H groups in total. The van der Waals surface area contributed by atoms with Crippen LogP contribution >= 0.6 is 23.2 Å². The van der Waals surface area contributed by atoms with Crippen LogP contribution in [0.2, 0.25) is 5.02 Å². The molecule has 4 heteroatoms. The average molecular weight is 312 g/mol. The van der Waals surface area contributed by atoms with Crippen molar-refractivity contribution in [2.45, 2.75) is 18.8 Å². The van der Waals surface area contributed by atoms with Gasteiger partial charge in [-0.25, -0.2) is 4.39 Å². The van der Waals surface area contributed by atoms with E-state index in [9.17, 15) is 4.39 Å². The maximum Gasteiger partial charge on any atom is 0.146 e. The summed E-state index contributed by atoms with van der Waals surface area (Å²) in [4.78, 5) is 1.87. The standard InChI is InChI=1S/C16H16Cl2FN/c1-11(13-5-3-4-6-14(13)18)20(2)16-8-7-12(10-17)9-15(16)19/h3-9,11H,10H2,1-2H3. The highest BCUT2D eigenvalue weighted by Gasteiger charge is 2.17. The van der Waals surface area contributed by atoms with Crippen molar-refractivity contribution in [3.8, 4) is 0 Å². The number of hydrogen-bond acceptors (Lipinski definition) is 1. The van der Waals surface area contributed by atoms with E-state index >= 15 is 0 Å². The van der Waals surface area contributed by atoms with E-state index in [0.29, 0.717) is 16.6 Å². The van der Waals surface area contributed by atoms with Crippen molar-refractivity contribution in [1.29, 1.82) is 0 Å². The molecule has 0 bridgehead atoms. The summed E-state index contributed by atoms with van der Waals surface area (Å²) in [7, 11) is 1.85. The number of anilines is 1. The molecule has 0 saturated heterocycles. The Morgan fingerprint density at radius 3 is 2.50 bits per heavy atom. The molecule has 0 aliphatic carbocycles. The van der Waals surface area contributed by atoms with Gasteiger partial charge in [-0.1, -0.05) is 35.9 Å². The quantitative estimate of drug-likeness (QED) is 0.682. The fourth-order valence-corrected chi connectivity index (χ4v) is 2.61. The molecule has 0 spiro atoms. The van der Waals surface area contributed by atoms with Crippen LogP contribution in [0.5, 0.6) is 0 Å².